The van der Waals surface area contributed by atoms with E-state index in [0.29, 0.717) is 0 Å². The third-order valence-electron chi connectivity index (χ3n) is 1.97. The fourth-order valence-electron chi connectivity index (χ4n) is 1.23. The molecule has 1 rings (SSSR count). The summed E-state index contributed by atoms with van der Waals surface area (Å²) in [6.07, 6.45) is 0.901. The minimum Gasteiger partial charge on any atom is -0.214 e. The molecule has 1 aromatic rings. The number of nitrogens with one attached hydrogen (secondary N) is 2. The van der Waals surface area contributed by atoms with E-state index in [9.17, 15) is 25.6 Å². The highest BCUT2D eigenvalue weighted by Crippen LogP contribution is 2.17. The molecule has 0 saturated carbocycles. The molecule has 0 aliphatic carbocycles. The molecule has 10 heteroatoms. The maximum atomic E-state index is 13.3. The lowest BCUT2D eigenvalue weighted by Crippen LogP contribution is -2.34. The Morgan fingerprint density at radius 2 is 1.47 bits per heavy atom. The minimum absolute atomic E-state index is 0.228. The van der Waals surface area contributed by atoms with Crippen molar-refractivity contribution in [2.24, 2.45) is 0 Å². The van der Waals surface area contributed by atoms with Crippen LogP contribution in [0.25, 0.3) is 0 Å². The van der Waals surface area contributed by atoms with Crippen molar-refractivity contribution in [2.75, 3.05) is 19.3 Å². The van der Waals surface area contributed by atoms with Gasteiger partial charge < -0.3 is 0 Å². The van der Waals surface area contributed by atoms with E-state index in [4.69, 9.17) is 0 Å². The zero-order valence-electron chi connectivity index (χ0n) is 9.85. The normalized spacial score (nSPS) is 12.6. The molecule has 0 bridgehead atoms. The van der Waals surface area contributed by atoms with Gasteiger partial charge in [-0.3, -0.25) is 0 Å². The van der Waals surface area contributed by atoms with E-state index < -0.39 is 36.6 Å². The van der Waals surface area contributed by atoms with Crippen LogP contribution < -0.4 is 9.44 Å². The molecule has 0 saturated heterocycles. The predicted octanol–water partition coefficient (Wildman–Crippen LogP) is -0.208. The molecule has 108 valence electrons. The number of hydrogen-bond donors (Lipinski definition) is 2. The monoisotopic (exact) mass is 314 g/mol. The molecule has 0 aromatic heterocycles. The smallest absolute Gasteiger partial charge is 0.214 e. The highest BCUT2D eigenvalue weighted by molar-refractivity contribution is 7.89. The molecule has 0 aliphatic rings. The van der Waals surface area contributed by atoms with Gasteiger partial charge in [0, 0.05) is 13.1 Å². The van der Waals surface area contributed by atoms with E-state index in [0.717, 1.165) is 24.5 Å². The highest BCUT2D eigenvalue weighted by atomic mass is 32.2. The van der Waals surface area contributed by atoms with Gasteiger partial charge in [0.2, 0.25) is 20.0 Å². The molecule has 0 atom stereocenters. The van der Waals surface area contributed by atoms with Crippen LogP contribution in [0, 0.1) is 11.6 Å². The van der Waals surface area contributed by atoms with Crippen LogP contribution in [0.15, 0.2) is 23.1 Å². The Bertz CT molecular complexity index is 639. The van der Waals surface area contributed by atoms with Gasteiger partial charge in [-0.15, -0.1) is 0 Å². The lowest BCUT2D eigenvalue weighted by molar-refractivity contribution is 0.513. The Morgan fingerprint density at radius 3 is 1.95 bits per heavy atom. The lowest BCUT2D eigenvalue weighted by atomic mass is 10.3. The van der Waals surface area contributed by atoms with Crippen LogP contribution in [0.5, 0.6) is 0 Å². The van der Waals surface area contributed by atoms with Gasteiger partial charge in [0.15, 0.2) is 4.90 Å². The van der Waals surface area contributed by atoms with Gasteiger partial charge in [-0.2, -0.15) is 0 Å². The summed E-state index contributed by atoms with van der Waals surface area (Å²) in [5, 5.41) is 0. The number of sulfonamides is 2. The molecule has 0 unspecified atom stereocenters. The van der Waals surface area contributed by atoms with Crippen molar-refractivity contribution < 1.29 is 25.6 Å². The first kappa shape index (κ1) is 16.0. The highest BCUT2D eigenvalue weighted by Gasteiger charge is 2.23. The maximum absolute atomic E-state index is 13.3. The number of hydrogen-bond acceptors (Lipinski definition) is 4. The van der Waals surface area contributed by atoms with Crippen LogP contribution in [-0.4, -0.2) is 36.2 Å². The van der Waals surface area contributed by atoms with E-state index in [1.54, 1.807) is 0 Å². The number of benzene rings is 1. The van der Waals surface area contributed by atoms with Crippen molar-refractivity contribution in [1.29, 1.82) is 0 Å². The van der Waals surface area contributed by atoms with Crippen LogP contribution in [0.3, 0.4) is 0 Å². The van der Waals surface area contributed by atoms with Crippen LogP contribution in [0.1, 0.15) is 0 Å². The Hall–Kier alpha value is -1.10. The van der Waals surface area contributed by atoms with E-state index in [1.807, 2.05) is 9.44 Å². The van der Waals surface area contributed by atoms with Gasteiger partial charge in [-0.25, -0.2) is 35.1 Å². The molecule has 19 heavy (non-hydrogen) atoms. The molecule has 0 fully saturated rings. The average molecular weight is 314 g/mol. The second-order valence-electron chi connectivity index (χ2n) is 3.62. The van der Waals surface area contributed by atoms with E-state index in [1.165, 1.54) is 0 Å². The summed E-state index contributed by atoms with van der Waals surface area (Å²) in [5.74, 6) is -2.44. The van der Waals surface area contributed by atoms with Crippen molar-refractivity contribution in [3.8, 4) is 0 Å². The molecule has 0 radical (unpaired) electrons. The first-order valence-corrected chi connectivity index (χ1v) is 8.39. The number of halogens is 2. The molecular formula is C9H12F2N2O4S2. The van der Waals surface area contributed by atoms with Gasteiger partial charge in [-0.1, -0.05) is 6.07 Å². The topological polar surface area (TPSA) is 92.3 Å². The average Bonchev–Trinajstić information content (AvgIpc) is 2.22. The van der Waals surface area contributed by atoms with Crippen molar-refractivity contribution in [1.82, 2.24) is 9.44 Å². The summed E-state index contributed by atoms with van der Waals surface area (Å²) < 4.78 is 75.2. The lowest BCUT2D eigenvalue weighted by Gasteiger charge is -2.08. The summed E-state index contributed by atoms with van der Waals surface area (Å²) in [5.41, 5.74) is 0. The van der Waals surface area contributed by atoms with Crippen LogP contribution in [-0.2, 0) is 20.0 Å². The SMILES string of the molecule is CS(=O)(=O)NCCNS(=O)(=O)c1c(F)cccc1F. The molecule has 0 spiro atoms. The summed E-state index contributed by atoms with van der Waals surface area (Å²) in [6, 6.07) is 2.66. The Labute approximate surface area is 109 Å². The van der Waals surface area contributed by atoms with Crippen LogP contribution >= 0.6 is 0 Å². The van der Waals surface area contributed by atoms with Gasteiger partial charge >= 0.3 is 0 Å². The zero-order valence-corrected chi connectivity index (χ0v) is 11.5. The summed E-state index contributed by atoms with van der Waals surface area (Å²) in [4.78, 5) is -1.09. The van der Waals surface area contributed by atoms with E-state index in [-0.39, 0.29) is 13.1 Å². The first-order valence-electron chi connectivity index (χ1n) is 5.02. The second kappa shape index (κ2) is 5.90. The van der Waals surface area contributed by atoms with Gasteiger partial charge in [-0.05, 0) is 12.1 Å². The first-order chi connectivity index (χ1) is 8.63. The van der Waals surface area contributed by atoms with Crippen molar-refractivity contribution in [3.05, 3.63) is 29.8 Å². The molecule has 6 nitrogen and oxygen atoms in total. The largest absolute Gasteiger partial charge is 0.246 e. The Kier molecular flexibility index (Phi) is 4.96. The van der Waals surface area contributed by atoms with Crippen LogP contribution in [0.2, 0.25) is 0 Å². The van der Waals surface area contributed by atoms with Crippen LogP contribution in [0.4, 0.5) is 8.78 Å². The Morgan fingerprint density at radius 1 is 1.00 bits per heavy atom. The summed E-state index contributed by atoms with van der Waals surface area (Å²) in [7, 11) is -7.83. The molecule has 2 N–H and O–H groups in total. The minimum atomic E-state index is -4.37. The third kappa shape index (κ3) is 4.82. The number of rotatable bonds is 6. The molecule has 0 heterocycles. The molecule has 1 aromatic carbocycles. The van der Waals surface area contributed by atoms with Crippen molar-refractivity contribution in [2.45, 2.75) is 4.90 Å². The van der Waals surface area contributed by atoms with Gasteiger partial charge in [0.05, 0.1) is 6.26 Å². The summed E-state index contributed by atoms with van der Waals surface area (Å²) >= 11 is 0. The molecular weight excluding hydrogens is 302 g/mol. The molecule has 0 aliphatic heterocycles. The quantitative estimate of drug-likeness (QED) is 0.711. The fraction of sp³-hybridized carbons (Fsp3) is 0.333. The van der Waals surface area contributed by atoms with Crippen molar-refractivity contribution in [3.63, 3.8) is 0 Å². The van der Waals surface area contributed by atoms with E-state index in [2.05, 4.69) is 0 Å². The second-order valence-corrected chi connectivity index (χ2v) is 7.15. The zero-order chi connectivity index (χ0) is 14.7. The standard InChI is InChI=1S/C9H12F2N2O4S2/c1-18(14,15)12-5-6-13-19(16,17)9-7(10)3-2-4-8(9)11/h2-4,12-13H,5-6H2,1H3. The Balaban J connectivity index is 2.77. The van der Waals surface area contributed by atoms with Gasteiger partial charge in [0.25, 0.3) is 0 Å². The predicted molar refractivity (Wildman–Crippen MR) is 64.4 cm³/mol. The van der Waals surface area contributed by atoms with E-state index >= 15 is 0 Å². The van der Waals surface area contributed by atoms with Crippen molar-refractivity contribution >= 4 is 20.0 Å². The molecule has 0 amide bonds. The third-order valence-corrected chi connectivity index (χ3v) is 4.21. The summed E-state index contributed by atoms with van der Waals surface area (Å²) in [6.45, 7) is -0.558. The van der Waals surface area contributed by atoms with Gasteiger partial charge in [0.1, 0.15) is 11.6 Å². The maximum Gasteiger partial charge on any atom is 0.246 e. The fourth-order valence-corrected chi connectivity index (χ4v) is 2.87.